The summed E-state index contributed by atoms with van der Waals surface area (Å²) in [5, 5.41) is 7.53. The summed E-state index contributed by atoms with van der Waals surface area (Å²) in [6, 6.07) is 16.7. The van der Waals surface area contributed by atoms with Gasteiger partial charge in [0.15, 0.2) is 0 Å². The number of nitrogens with one attached hydrogen (secondary N) is 4. The number of hydrogen-bond acceptors (Lipinski definition) is 9. The Morgan fingerprint density at radius 3 is 1.97 bits per heavy atom. The van der Waals surface area contributed by atoms with Gasteiger partial charge >= 0.3 is 12.2 Å². The first kappa shape index (κ1) is 40.2. The molecule has 7 rings (SSSR count). The number of likely N-dealkylation sites (tertiary alicyclic amines) is 2. The topological polar surface area (TPSA) is 184 Å². The van der Waals surface area contributed by atoms with Crippen molar-refractivity contribution < 1.29 is 33.4 Å². The van der Waals surface area contributed by atoms with Crippen molar-refractivity contribution in [1.29, 1.82) is 0 Å². The molecule has 5 aromatic rings. The van der Waals surface area contributed by atoms with E-state index in [4.69, 9.17) is 24.2 Å². The molecular formula is C43H52N8O7. The number of hydrogen-bond donors (Lipinski definition) is 4. The number of carbonyl (C=O) groups excluding carboxylic acids is 4. The molecule has 1 unspecified atom stereocenters. The average molecular weight is 793 g/mol. The molecule has 0 saturated carbocycles. The lowest BCUT2D eigenvalue weighted by atomic mass is 9.97. The Balaban J connectivity index is 1.07. The summed E-state index contributed by atoms with van der Waals surface area (Å²) >= 11 is 0. The van der Waals surface area contributed by atoms with Crippen LogP contribution < -0.4 is 10.6 Å². The summed E-state index contributed by atoms with van der Waals surface area (Å²) in [5.41, 5.74) is 5.58. The Labute approximate surface area is 337 Å². The van der Waals surface area contributed by atoms with E-state index in [0.29, 0.717) is 18.9 Å². The molecule has 2 aromatic heterocycles. The highest BCUT2D eigenvalue weighted by molar-refractivity contribution is 5.92. The second-order valence-electron chi connectivity index (χ2n) is 15.2. The monoisotopic (exact) mass is 792 g/mol. The number of nitrogens with zero attached hydrogens (tertiary/aromatic N) is 4. The van der Waals surface area contributed by atoms with E-state index < -0.39 is 30.4 Å². The molecule has 0 bridgehead atoms. The molecule has 15 heteroatoms. The van der Waals surface area contributed by atoms with Crippen molar-refractivity contribution in [3.8, 4) is 22.4 Å². The van der Waals surface area contributed by atoms with Crippen LogP contribution in [0.2, 0.25) is 0 Å². The van der Waals surface area contributed by atoms with Crippen LogP contribution in [-0.4, -0.2) is 106 Å². The molecule has 15 nitrogen and oxygen atoms in total. The van der Waals surface area contributed by atoms with Crippen LogP contribution in [0.25, 0.3) is 44.2 Å². The third kappa shape index (κ3) is 8.08. The molecule has 2 aliphatic heterocycles. The van der Waals surface area contributed by atoms with Crippen molar-refractivity contribution in [2.45, 2.75) is 83.1 Å². The molecule has 4 amide bonds. The van der Waals surface area contributed by atoms with Gasteiger partial charge in [0.2, 0.25) is 11.8 Å². The number of benzene rings is 3. The Bertz CT molecular complexity index is 2300. The lowest BCUT2D eigenvalue weighted by Gasteiger charge is -2.30. The average Bonchev–Trinajstić information content (AvgIpc) is 4.09. The van der Waals surface area contributed by atoms with Crippen LogP contribution in [-0.2, 0) is 23.8 Å². The molecule has 4 N–H and O–H groups in total. The molecule has 58 heavy (non-hydrogen) atoms. The summed E-state index contributed by atoms with van der Waals surface area (Å²) in [7, 11) is 4.06. The van der Waals surface area contributed by atoms with Crippen molar-refractivity contribution in [2.24, 2.45) is 5.92 Å². The van der Waals surface area contributed by atoms with Gasteiger partial charge < -0.3 is 44.6 Å². The highest BCUT2D eigenvalue weighted by atomic mass is 16.5. The lowest BCUT2D eigenvalue weighted by molar-refractivity contribution is -0.137. The summed E-state index contributed by atoms with van der Waals surface area (Å²) in [6.45, 7) is 6.82. The Hall–Kier alpha value is -5.96. The predicted molar refractivity (Wildman–Crippen MR) is 219 cm³/mol. The molecule has 3 aromatic carbocycles. The number of aromatic nitrogens is 4. The Kier molecular flexibility index (Phi) is 12.0. The van der Waals surface area contributed by atoms with Crippen molar-refractivity contribution in [2.75, 3.05) is 34.4 Å². The summed E-state index contributed by atoms with van der Waals surface area (Å²) in [6.07, 6.45) is 3.85. The molecule has 0 aliphatic carbocycles. The third-order valence-corrected chi connectivity index (χ3v) is 11.8. The van der Waals surface area contributed by atoms with Gasteiger partial charge in [0.1, 0.15) is 23.7 Å². The van der Waals surface area contributed by atoms with E-state index in [2.05, 4.69) is 69.1 Å². The fourth-order valence-corrected chi connectivity index (χ4v) is 8.17. The molecule has 0 spiro atoms. The van der Waals surface area contributed by atoms with Crippen LogP contribution in [0.5, 0.6) is 0 Å². The van der Waals surface area contributed by atoms with Crippen molar-refractivity contribution in [3.63, 3.8) is 0 Å². The van der Waals surface area contributed by atoms with E-state index in [1.165, 1.54) is 21.3 Å². The van der Waals surface area contributed by atoms with Gasteiger partial charge in [-0.2, -0.15) is 0 Å². The normalized spacial score (nSPS) is 18.9. The number of fused-ring (bicyclic) bond motifs is 2. The standard InChI is InChI=1S/C43H52N8O7/c1-7-24(2)36(48-42(54)57-5)40(52)50-18-8-10-34(50)38-44-23-33(47-38)30-15-14-26-20-27(12-13-28(26)21-30)29-16-17-31-32(22-29)46-39(45-31)35-11-9-19-51(35)41(53)37(25(3)56-4)49-43(55)58-6/h12-17,20-25,34-37H,7-11,18-19H2,1-6H3,(H,44,47)(H,45,46)(H,48,54)(H,49,55)/t24-,25+,34?,35-,36-,37-/m0/s1. The molecule has 2 saturated heterocycles. The van der Waals surface area contributed by atoms with Crippen molar-refractivity contribution >= 4 is 45.8 Å². The van der Waals surface area contributed by atoms with Gasteiger partial charge in [-0.05, 0) is 84.7 Å². The minimum Gasteiger partial charge on any atom is -0.453 e. The van der Waals surface area contributed by atoms with Crippen LogP contribution in [0.15, 0.2) is 60.8 Å². The smallest absolute Gasteiger partial charge is 0.407 e. The van der Waals surface area contributed by atoms with Crippen LogP contribution in [0.4, 0.5) is 9.59 Å². The number of imidazole rings is 2. The zero-order valence-corrected chi connectivity index (χ0v) is 33.8. The maximum absolute atomic E-state index is 13.7. The second kappa shape index (κ2) is 17.3. The Morgan fingerprint density at radius 1 is 0.759 bits per heavy atom. The van der Waals surface area contributed by atoms with Gasteiger partial charge in [-0.15, -0.1) is 0 Å². The molecule has 2 fully saturated rings. The fraction of sp³-hybridized carbons (Fsp3) is 0.442. The minimum atomic E-state index is -0.901. The van der Waals surface area contributed by atoms with E-state index in [1.807, 2.05) is 31.0 Å². The largest absolute Gasteiger partial charge is 0.453 e. The number of methoxy groups -OCH3 is 3. The first-order valence-electron chi connectivity index (χ1n) is 19.9. The van der Waals surface area contributed by atoms with Gasteiger partial charge in [-0.3, -0.25) is 9.59 Å². The number of H-pyrrole nitrogens is 2. The van der Waals surface area contributed by atoms with Crippen LogP contribution in [0.3, 0.4) is 0 Å². The van der Waals surface area contributed by atoms with Gasteiger partial charge in [-0.1, -0.05) is 50.6 Å². The zero-order chi connectivity index (χ0) is 41.1. The van der Waals surface area contributed by atoms with E-state index in [9.17, 15) is 19.2 Å². The van der Waals surface area contributed by atoms with Gasteiger partial charge in [0.05, 0.1) is 55.3 Å². The molecule has 306 valence electrons. The van der Waals surface area contributed by atoms with Crippen LogP contribution >= 0.6 is 0 Å². The van der Waals surface area contributed by atoms with E-state index in [-0.39, 0.29) is 29.8 Å². The third-order valence-electron chi connectivity index (χ3n) is 11.8. The molecule has 6 atom stereocenters. The Morgan fingerprint density at radius 2 is 1.33 bits per heavy atom. The maximum Gasteiger partial charge on any atom is 0.407 e. The van der Waals surface area contributed by atoms with Crippen molar-refractivity contribution in [1.82, 2.24) is 40.4 Å². The van der Waals surface area contributed by atoms with E-state index in [1.54, 1.807) is 11.8 Å². The lowest BCUT2D eigenvalue weighted by Crippen LogP contribution is -2.54. The predicted octanol–water partition coefficient (Wildman–Crippen LogP) is 6.63. The van der Waals surface area contributed by atoms with Crippen LogP contribution in [0.1, 0.15) is 76.6 Å². The molecule has 4 heterocycles. The molecule has 2 aliphatic rings. The van der Waals surface area contributed by atoms with Gasteiger partial charge in [0.25, 0.3) is 0 Å². The fourth-order valence-electron chi connectivity index (χ4n) is 8.17. The van der Waals surface area contributed by atoms with E-state index >= 15 is 0 Å². The number of rotatable bonds is 12. The number of carbonyl (C=O) groups is 4. The second-order valence-corrected chi connectivity index (χ2v) is 15.2. The SMILES string of the molecule is CC[C@H](C)[C@H](NC(=O)OC)C(=O)N1CCCC1c1ncc(-c2ccc3cc(-c4ccc5nc([C@@H]6CCCN6C(=O)[C@@H](NC(=O)OC)[C@@H](C)OC)[nH]c5c4)ccc3c2)[nH]1. The maximum atomic E-state index is 13.7. The molecular weight excluding hydrogens is 741 g/mol. The van der Waals surface area contributed by atoms with Gasteiger partial charge in [-0.25, -0.2) is 19.6 Å². The highest BCUT2D eigenvalue weighted by Gasteiger charge is 2.40. The quantitative estimate of drug-likeness (QED) is 0.108. The molecule has 0 radical (unpaired) electrons. The number of ether oxygens (including phenoxy) is 3. The van der Waals surface area contributed by atoms with Crippen LogP contribution in [0, 0.1) is 5.92 Å². The first-order valence-corrected chi connectivity index (χ1v) is 19.9. The summed E-state index contributed by atoms with van der Waals surface area (Å²) in [5.74, 6) is 0.992. The summed E-state index contributed by atoms with van der Waals surface area (Å²) < 4.78 is 15.0. The number of aromatic amines is 2. The zero-order valence-electron chi connectivity index (χ0n) is 33.8. The van der Waals surface area contributed by atoms with Gasteiger partial charge in [0, 0.05) is 25.8 Å². The number of amides is 4. The first-order chi connectivity index (χ1) is 28.0. The van der Waals surface area contributed by atoms with E-state index in [0.717, 1.165) is 82.1 Å². The highest BCUT2D eigenvalue weighted by Crippen LogP contribution is 2.36. The summed E-state index contributed by atoms with van der Waals surface area (Å²) in [4.78, 5) is 71.8. The number of alkyl carbamates (subject to hydrolysis) is 2. The van der Waals surface area contributed by atoms with Crippen molar-refractivity contribution in [3.05, 3.63) is 72.4 Å². The minimum absolute atomic E-state index is 0.0600.